The van der Waals surface area contributed by atoms with Gasteiger partial charge in [0.1, 0.15) is 5.00 Å². The molecule has 0 saturated carbocycles. The molecule has 0 aliphatic rings. The van der Waals surface area contributed by atoms with Crippen molar-refractivity contribution in [1.82, 2.24) is 4.98 Å². The van der Waals surface area contributed by atoms with Crippen LogP contribution in [0.25, 0.3) is 0 Å². The molecule has 0 spiro atoms. The SMILES string of the molecule is Cc1nc(C(C)C(C)(C)C)c(N)s1. The number of nitrogens with two attached hydrogens (primary N) is 1. The van der Waals surface area contributed by atoms with Crippen LogP contribution in [-0.2, 0) is 0 Å². The Balaban J connectivity index is 3.01. The minimum absolute atomic E-state index is 0.231. The van der Waals surface area contributed by atoms with E-state index >= 15 is 0 Å². The zero-order chi connectivity index (χ0) is 10.2. The summed E-state index contributed by atoms with van der Waals surface area (Å²) < 4.78 is 0. The highest BCUT2D eigenvalue weighted by atomic mass is 32.1. The van der Waals surface area contributed by atoms with E-state index in [2.05, 4.69) is 32.7 Å². The number of hydrogen-bond donors (Lipinski definition) is 1. The zero-order valence-electron chi connectivity index (χ0n) is 9.01. The summed E-state index contributed by atoms with van der Waals surface area (Å²) in [5, 5.41) is 1.93. The van der Waals surface area contributed by atoms with E-state index in [1.807, 2.05) is 6.92 Å². The molecule has 0 aromatic carbocycles. The van der Waals surface area contributed by atoms with Crippen LogP contribution >= 0.6 is 11.3 Å². The minimum Gasteiger partial charge on any atom is -0.389 e. The van der Waals surface area contributed by atoms with Gasteiger partial charge >= 0.3 is 0 Å². The number of nitrogen functional groups attached to an aromatic ring is 1. The fourth-order valence-corrected chi connectivity index (χ4v) is 1.97. The second-order valence-corrected chi connectivity index (χ2v) is 5.80. The Kier molecular flexibility index (Phi) is 2.66. The first-order valence-electron chi connectivity index (χ1n) is 4.55. The molecule has 0 aliphatic heterocycles. The smallest absolute Gasteiger partial charge is 0.110 e. The van der Waals surface area contributed by atoms with E-state index in [9.17, 15) is 0 Å². The van der Waals surface area contributed by atoms with Crippen molar-refractivity contribution in [1.29, 1.82) is 0 Å². The third-order valence-electron chi connectivity index (χ3n) is 2.50. The maximum Gasteiger partial charge on any atom is 0.110 e. The van der Waals surface area contributed by atoms with Gasteiger partial charge in [-0.25, -0.2) is 4.98 Å². The molecule has 13 heavy (non-hydrogen) atoms. The van der Waals surface area contributed by atoms with Gasteiger partial charge in [0.05, 0.1) is 10.7 Å². The van der Waals surface area contributed by atoms with Crippen LogP contribution in [0.2, 0.25) is 0 Å². The van der Waals surface area contributed by atoms with Gasteiger partial charge in [0.15, 0.2) is 0 Å². The van der Waals surface area contributed by atoms with Gasteiger partial charge < -0.3 is 5.73 Å². The summed E-state index contributed by atoms with van der Waals surface area (Å²) in [7, 11) is 0. The third kappa shape index (κ3) is 2.21. The summed E-state index contributed by atoms with van der Waals surface area (Å²) in [5.74, 6) is 0.414. The fraction of sp³-hybridized carbons (Fsp3) is 0.700. The maximum absolute atomic E-state index is 5.90. The second kappa shape index (κ2) is 3.29. The van der Waals surface area contributed by atoms with Crippen molar-refractivity contribution < 1.29 is 0 Å². The van der Waals surface area contributed by atoms with Crippen LogP contribution in [0.5, 0.6) is 0 Å². The van der Waals surface area contributed by atoms with Crippen LogP contribution in [0.1, 0.15) is 44.3 Å². The third-order valence-corrected chi connectivity index (χ3v) is 3.31. The van der Waals surface area contributed by atoms with Crippen molar-refractivity contribution >= 4 is 16.3 Å². The Hall–Kier alpha value is -0.570. The lowest BCUT2D eigenvalue weighted by molar-refractivity contribution is 0.335. The van der Waals surface area contributed by atoms with Crippen LogP contribution in [-0.4, -0.2) is 4.98 Å². The number of thiazole rings is 1. The zero-order valence-corrected chi connectivity index (χ0v) is 9.83. The second-order valence-electron chi connectivity index (χ2n) is 4.57. The summed E-state index contributed by atoms with van der Waals surface area (Å²) in [6.45, 7) is 10.8. The fourth-order valence-electron chi connectivity index (χ4n) is 1.18. The predicted octanol–water partition coefficient (Wildman–Crippen LogP) is 3.18. The van der Waals surface area contributed by atoms with Gasteiger partial charge in [0.2, 0.25) is 0 Å². The van der Waals surface area contributed by atoms with Crippen molar-refractivity contribution in [3.8, 4) is 0 Å². The van der Waals surface area contributed by atoms with Gasteiger partial charge in [0.25, 0.3) is 0 Å². The molecule has 1 heterocycles. The van der Waals surface area contributed by atoms with Crippen LogP contribution in [0.4, 0.5) is 5.00 Å². The molecule has 3 heteroatoms. The molecule has 0 fully saturated rings. The maximum atomic E-state index is 5.90. The quantitative estimate of drug-likeness (QED) is 0.752. The standard InChI is InChI=1S/C10H18N2S/c1-6(10(3,4)5)8-9(11)13-7(2)12-8/h6H,11H2,1-5H3. The highest BCUT2D eigenvalue weighted by Crippen LogP contribution is 2.38. The number of aromatic nitrogens is 1. The average Bonchev–Trinajstić information content (AvgIpc) is 2.26. The topological polar surface area (TPSA) is 38.9 Å². The average molecular weight is 198 g/mol. The molecule has 74 valence electrons. The van der Waals surface area contributed by atoms with Gasteiger partial charge in [-0.3, -0.25) is 0 Å². The molecule has 0 bridgehead atoms. The molecule has 2 nitrogen and oxygen atoms in total. The van der Waals surface area contributed by atoms with Gasteiger partial charge in [-0.2, -0.15) is 0 Å². The van der Waals surface area contributed by atoms with Crippen molar-refractivity contribution in [3.63, 3.8) is 0 Å². The first-order chi connectivity index (χ1) is 5.82. The van der Waals surface area contributed by atoms with E-state index in [0.717, 1.165) is 15.7 Å². The van der Waals surface area contributed by atoms with Crippen LogP contribution in [0.3, 0.4) is 0 Å². The Bertz CT molecular complexity index is 296. The molecule has 2 N–H and O–H groups in total. The largest absolute Gasteiger partial charge is 0.389 e. The normalized spacial score (nSPS) is 14.5. The van der Waals surface area contributed by atoms with Gasteiger partial charge in [-0.15, -0.1) is 11.3 Å². The van der Waals surface area contributed by atoms with E-state index in [1.165, 1.54) is 0 Å². The Morgan fingerprint density at radius 2 is 1.92 bits per heavy atom. The summed E-state index contributed by atoms with van der Waals surface area (Å²) in [6.07, 6.45) is 0. The lowest BCUT2D eigenvalue weighted by Gasteiger charge is -2.26. The molecular formula is C10H18N2S. The molecule has 1 rings (SSSR count). The number of rotatable bonds is 1. The van der Waals surface area contributed by atoms with Gasteiger partial charge in [0, 0.05) is 5.92 Å². The van der Waals surface area contributed by atoms with Crippen molar-refractivity contribution in [2.75, 3.05) is 5.73 Å². The van der Waals surface area contributed by atoms with Gasteiger partial charge in [-0.1, -0.05) is 27.7 Å². The summed E-state index contributed by atoms with van der Waals surface area (Å²) in [5.41, 5.74) is 7.19. The van der Waals surface area contributed by atoms with Crippen LogP contribution in [0, 0.1) is 12.3 Å². The van der Waals surface area contributed by atoms with E-state index in [0.29, 0.717) is 5.92 Å². The van der Waals surface area contributed by atoms with Crippen molar-refractivity contribution in [3.05, 3.63) is 10.7 Å². The number of nitrogens with zero attached hydrogens (tertiary/aromatic N) is 1. The molecule has 0 radical (unpaired) electrons. The number of aryl methyl sites for hydroxylation is 1. The van der Waals surface area contributed by atoms with Crippen molar-refractivity contribution in [2.24, 2.45) is 5.41 Å². The molecule has 1 aromatic rings. The summed E-state index contributed by atoms with van der Waals surface area (Å²) in [6, 6.07) is 0. The molecular weight excluding hydrogens is 180 g/mol. The Labute approximate surface area is 84.2 Å². The summed E-state index contributed by atoms with van der Waals surface area (Å²) >= 11 is 1.58. The molecule has 0 aliphatic carbocycles. The molecule has 1 unspecified atom stereocenters. The Morgan fingerprint density at radius 3 is 2.23 bits per heavy atom. The number of hydrogen-bond acceptors (Lipinski definition) is 3. The van der Waals surface area contributed by atoms with Crippen LogP contribution < -0.4 is 5.73 Å². The van der Waals surface area contributed by atoms with E-state index in [4.69, 9.17) is 5.73 Å². The molecule has 0 saturated heterocycles. The number of anilines is 1. The predicted molar refractivity (Wildman–Crippen MR) is 59.1 cm³/mol. The van der Waals surface area contributed by atoms with Crippen LogP contribution in [0.15, 0.2) is 0 Å². The highest BCUT2D eigenvalue weighted by molar-refractivity contribution is 7.15. The van der Waals surface area contributed by atoms with Gasteiger partial charge in [-0.05, 0) is 12.3 Å². The summed E-state index contributed by atoms with van der Waals surface area (Å²) in [4.78, 5) is 4.47. The highest BCUT2D eigenvalue weighted by Gasteiger charge is 2.25. The first kappa shape index (κ1) is 10.5. The Morgan fingerprint density at radius 1 is 1.38 bits per heavy atom. The van der Waals surface area contributed by atoms with E-state index < -0.39 is 0 Å². The van der Waals surface area contributed by atoms with E-state index in [1.54, 1.807) is 11.3 Å². The molecule has 0 amide bonds. The monoisotopic (exact) mass is 198 g/mol. The molecule has 1 aromatic heterocycles. The molecule has 1 atom stereocenters. The lowest BCUT2D eigenvalue weighted by atomic mass is 9.80. The van der Waals surface area contributed by atoms with E-state index in [-0.39, 0.29) is 5.41 Å². The lowest BCUT2D eigenvalue weighted by Crippen LogP contribution is -2.16. The first-order valence-corrected chi connectivity index (χ1v) is 5.37. The van der Waals surface area contributed by atoms with Crippen molar-refractivity contribution in [2.45, 2.75) is 40.5 Å². The minimum atomic E-state index is 0.231.